The molecule has 5 nitrogen and oxygen atoms in total. The second kappa shape index (κ2) is 14.3. The number of carboxylic acids is 1. The Bertz CT molecular complexity index is 819. The van der Waals surface area contributed by atoms with E-state index in [9.17, 15) is 19.8 Å². The number of aliphatic hydroxyl groups excluding tert-OH is 1. The standard InChI is InChI=1S/C25H34NO4PS/c1-18(2)15-22(25(29)30)26-24(28)23(27)14-13-20(19-9-5-3-6-10-19)16-31-17-32-21-11-7-4-8-12-21/h3-12,18,20,22-23,27,31H,13-17H2,1-2H3,(H,26,28)(H,29,30)/t20?,22-,23?/m0/s1. The van der Waals surface area contributed by atoms with Crippen molar-refractivity contribution in [1.82, 2.24) is 5.32 Å². The van der Waals surface area contributed by atoms with E-state index in [0.29, 0.717) is 19.3 Å². The molecule has 0 saturated carbocycles. The summed E-state index contributed by atoms with van der Waals surface area (Å²) in [5.74, 6) is -1.30. The smallest absolute Gasteiger partial charge is 0.326 e. The van der Waals surface area contributed by atoms with Crippen LogP contribution >= 0.6 is 20.3 Å². The van der Waals surface area contributed by atoms with Gasteiger partial charge in [0.1, 0.15) is 12.1 Å². The Hall–Kier alpha value is -1.88. The highest BCUT2D eigenvalue weighted by atomic mass is 32.2. The van der Waals surface area contributed by atoms with Crippen molar-refractivity contribution in [3.05, 3.63) is 66.2 Å². The third kappa shape index (κ3) is 9.72. The first-order valence-corrected chi connectivity index (χ1v) is 13.4. The fourth-order valence-electron chi connectivity index (χ4n) is 3.45. The summed E-state index contributed by atoms with van der Waals surface area (Å²) in [7, 11) is 0.754. The van der Waals surface area contributed by atoms with Crippen LogP contribution in [0.25, 0.3) is 0 Å². The van der Waals surface area contributed by atoms with Crippen molar-refractivity contribution in [2.45, 2.75) is 56.1 Å². The third-order valence-electron chi connectivity index (χ3n) is 5.16. The lowest BCUT2D eigenvalue weighted by molar-refractivity contribution is -0.144. The van der Waals surface area contributed by atoms with Gasteiger partial charge < -0.3 is 15.5 Å². The maximum Gasteiger partial charge on any atom is 0.326 e. The first-order chi connectivity index (χ1) is 15.4. The van der Waals surface area contributed by atoms with Gasteiger partial charge in [0.05, 0.1) is 0 Å². The minimum atomic E-state index is -1.21. The van der Waals surface area contributed by atoms with Crippen LogP contribution in [0.5, 0.6) is 0 Å². The molecular formula is C25H34NO4PS. The zero-order chi connectivity index (χ0) is 23.3. The lowest BCUT2D eigenvalue weighted by Crippen LogP contribution is -2.46. The lowest BCUT2D eigenvalue weighted by Gasteiger charge is -2.21. The summed E-state index contributed by atoms with van der Waals surface area (Å²) in [6.45, 7) is 3.81. The summed E-state index contributed by atoms with van der Waals surface area (Å²) in [4.78, 5) is 25.0. The van der Waals surface area contributed by atoms with Crippen LogP contribution in [0, 0.1) is 5.92 Å². The first-order valence-electron chi connectivity index (χ1n) is 11.0. The maximum absolute atomic E-state index is 12.4. The summed E-state index contributed by atoms with van der Waals surface area (Å²) >= 11 is 1.84. The zero-order valence-electron chi connectivity index (χ0n) is 18.7. The summed E-state index contributed by atoms with van der Waals surface area (Å²) in [5.41, 5.74) is 2.24. The normalized spacial score (nSPS) is 14.4. The second-order valence-corrected chi connectivity index (χ2v) is 11.1. The Morgan fingerprint density at radius 2 is 1.62 bits per heavy atom. The highest BCUT2D eigenvalue weighted by molar-refractivity contribution is 8.03. The highest BCUT2D eigenvalue weighted by Gasteiger charge is 2.25. The minimum absolute atomic E-state index is 0.130. The van der Waals surface area contributed by atoms with Crippen molar-refractivity contribution < 1.29 is 19.8 Å². The monoisotopic (exact) mass is 475 g/mol. The highest BCUT2D eigenvalue weighted by Crippen LogP contribution is 2.33. The van der Waals surface area contributed by atoms with Crippen LogP contribution in [-0.4, -0.2) is 45.9 Å². The Morgan fingerprint density at radius 1 is 1.00 bits per heavy atom. The maximum atomic E-state index is 12.4. The number of nitrogens with one attached hydrogen (secondary N) is 1. The van der Waals surface area contributed by atoms with Gasteiger partial charge in [0.2, 0.25) is 5.91 Å². The number of thioether (sulfide) groups is 1. The van der Waals surface area contributed by atoms with Crippen LogP contribution in [-0.2, 0) is 9.59 Å². The van der Waals surface area contributed by atoms with E-state index in [-0.39, 0.29) is 11.8 Å². The number of aliphatic hydroxyl groups is 1. The molecule has 1 amide bonds. The number of amides is 1. The number of carbonyl (C=O) groups excluding carboxylic acids is 1. The largest absolute Gasteiger partial charge is 0.480 e. The number of carbonyl (C=O) groups is 2. The predicted octanol–water partition coefficient (Wildman–Crippen LogP) is 4.96. The summed E-state index contributed by atoms with van der Waals surface area (Å²) in [5, 5.41) is 22.2. The number of hydrogen-bond donors (Lipinski definition) is 3. The van der Waals surface area contributed by atoms with Crippen LogP contribution in [0.15, 0.2) is 65.6 Å². The second-order valence-electron chi connectivity index (χ2n) is 8.29. The van der Waals surface area contributed by atoms with Gasteiger partial charge in [0.25, 0.3) is 0 Å². The van der Waals surface area contributed by atoms with Crippen molar-refractivity contribution in [3.63, 3.8) is 0 Å². The molecule has 0 aliphatic rings. The van der Waals surface area contributed by atoms with E-state index in [1.54, 1.807) is 0 Å². The first kappa shape index (κ1) is 26.4. The molecule has 0 bridgehead atoms. The van der Waals surface area contributed by atoms with Gasteiger partial charge in [-0.05, 0) is 55.0 Å². The molecule has 174 valence electrons. The number of benzene rings is 2. The molecule has 2 aromatic carbocycles. The molecule has 0 fully saturated rings. The van der Waals surface area contributed by atoms with Crippen molar-refractivity contribution >= 4 is 32.2 Å². The quantitative estimate of drug-likeness (QED) is 0.204. The van der Waals surface area contributed by atoms with Crippen LogP contribution in [0.1, 0.15) is 44.6 Å². The summed E-state index contributed by atoms with van der Waals surface area (Å²) in [6, 6.07) is 19.5. The average molecular weight is 476 g/mol. The molecule has 0 radical (unpaired) electrons. The molecule has 2 aromatic rings. The third-order valence-corrected chi connectivity index (χ3v) is 7.94. The van der Waals surface area contributed by atoms with Gasteiger partial charge in [-0.1, -0.05) is 62.4 Å². The SMILES string of the molecule is CC(C)C[C@H](NC(=O)C(O)CCC(CPCSc1ccccc1)c1ccccc1)C(=O)O. The zero-order valence-corrected chi connectivity index (χ0v) is 20.6. The number of rotatable bonds is 14. The fourth-order valence-corrected chi connectivity index (χ4v) is 6.13. The van der Waals surface area contributed by atoms with Gasteiger partial charge in [-0.15, -0.1) is 20.3 Å². The van der Waals surface area contributed by atoms with E-state index in [1.807, 2.05) is 62.0 Å². The van der Waals surface area contributed by atoms with E-state index < -0.39 is 24.0 Å². The minimum Gasteiger partial charge on any atom is -0.480 e. The molecule has 4 atom stereocenters. The molecule has 0 spiro atoms. The Balaban J connectivity index is 1.88. The fraction of sp³-hybridized carbons (Fsp3) is 0.440. The van der Waals surface area contributed by atoms with E-state index in [2.05, 4.69) is 29.6 Å². The van der Waals surface area contributed by atoms with Crippen molar-refractivity contribution in [3.8, 4) is 0 Å². The van der Waals surface area contributed by atoms with Crippen molar-refractivity contribution in [1.29, 1.82) is 0 Å². The molecule has 0 heterocycles. The molecule has 0 aliphatic heterocycles. The number of carboxylic acid groups (broad SMARTS) is 1. The van der Waals surface area contributed by atoms with Gasteiger partial charge in [0.15, 0.2) is 0 Å². The van der Waals surface area contributed by atoms with Crippen LogP contribution in [0.2, 0.25) is 0 Å². The van der Waals surface area contributed by atoms with Gasteiger partial charge >= 0.3 is 5.97 Å². The predicted molar refractivity (Wildman–Crippen MR) is 134 cm³/mol. The lowest BCUT2D eigenvalue weighted by atomic mass is 9.94. The van der Waals surface area contributed by atoms with Gasteiger partial charge in [-0.2, -0.15) is 0 Å². The number of hydrogen-bond acceptors (Lipinski definition) is 4. The molecule has 2 rings (SSSR count). The molecule has 7 heteroatoms. The van der Waals surface area contributed by atoms with Gasteiger partial charge in [-0.3, -0.25) is 4.79 Å². The van der Waals surface area contributed by atoms with Crippen LogP contribution in [0.4, 0.5) is 0 Å². The summed E-state index contributed by atoms with van der Waals surface area (Å²) < 4.78 is 0. The van der Waals surface area contributed by atoms with Gasteiger partial charge in [0, 0.05) is 10.4 Å². The molecule has 0 aliphatic carbocycles. The number of aliphatic carboxylic acids is 1. The Labute approximate surface area is 197 Å². The topological polar surface area (TPSA) is 86.6 Å². The molecule has 0 saturated heterocycles. The van der Waals surface area contributed by atoms with Crippen LogP contribution in [0.3, 0.4) is 0 Å². The average Bonchev–Trinajstić information content (AvgIpc) is 2.78. The Morgan fingerprint density at radius 3 is 2.22 bits per heavy atom. The molecule has 3 N–H and O–H groups in total. The Kier molecular flexibility index (Phi) is 11.8. The molecule has 3 unspecified atom stereocenters. The summed E-state index contributed by atoms with van der Waals surface area (Å²) in [6.07, 6.45) is 1.08. The van der Waals surface area contributed by atoms with E-state index >= 15 is 0 Å². The van der Waals surface area contributed by atoms with Crippen LogP contribution < -0.4 is 5.32 Å². The van der Waals surface area contributed by atoms with E-state index in [1.165, 1.54) is 10.5 Å². The van der Waals surface area contributed by atoms with Gasteiger partial charge in [-0.25, -0.2) is 4.79 Å². The van der Waals surface area contributed by atoms with E-state index in [0.717, 1.165) is 20.2 Å². The molecule has 0 aromatic heterocycles. The molecular weight excluding hydrogens is 441 g/mol. The molecule has 32 heavy (non-hydrogen) atoms. The van der Waals surface area contributed by atoms with Crippen molar-refractivity contribution in [2.24, 2.45) is 5.92 Å². The van der Waals surface area contributed by atoms with E-state index in [4.69, 9.17) is 0 Å². The van der Waals surface area contributed by atoms with Crippen molar-refractivity contribution in [2.75, 3.05) is 11.7 Å².